The van der Waals surface area contributed by atoms with Crippen LogP contribution in [0.5, 0.6) is 0 Å². The highest BCUT2D eigenvalue weighted by Crippen LogP contribution is 2.16. The zero-order valence-electron chi connectivity index (χ0n) is 16.1. The maximum Gasteiger partial charge on any atom is 0.261 e. The maximum atomic E-state index is 13.2. The molecule has 2 N–H and O–H groups in total. The van der Waals surface area contributed by atoms with Gasteiger partial charge in [-0.15, -0.1) is 11.3 Å². The van der Waals surface area contributed by atoms with Crippen molar-refractivity contribution in [3.8, 4) is 0 Å². The van der Waals surface area contributed by atoms with Gasteiger partial charge in [0.05, 0.1) is 37.6 Å². The van der Waals surface area contributed by atoms with Crippen molar-refractivity contribution in [1.82, 2.24) is 10.3 Å². The number of carbonyl (C=O) groups excluding carboxylic acids is 1. The summed E-state index contributed by atoms with van der Waals surface area (Å²) in [4.78, 5) is 21.1. The quantitative estimate of drug-likeness (QED) is 0.654. The molecule has 5 nitrogen and oxygen atoms in total. The van der Waals surface area contributed by atoms with Crippen LogP contribution >= 0.6 is 11.3 Å². The number of anilines is 1. The third-order valence-electron chi connectivity index (χ3n) is 5.39. The Morgan fingerprint density at radius 2 is 1.97 bits per heavy atom. The number of hydrogen-bond donors (Lipinski definition) is 2. The summed E-state index contributed by atoms with van der Waals surface area (Å²) in [6.45, 7) is 4.21. The van der Waals surface area contributed by atoms with E-state index in [1.165, 1.54) is 28.4 Å². The Labute approximate surface area is 173 Å². The van der Waals surface area contributed by atoms with Crippen molar-refractivity contribution in [2.75, 3.05) is 37.6 Å². The molecule has 1 unspecified atom stereocenters. The van der Waals surface area contributed by atoms with Gasteiger partial charge in [0.25, 0.3) is 5.91 Å². The molecule has 0 spiro atoms. The van der Waals surface area contributed by atoms with Crippen LogP contribution < -0.4 is 15.1 Å². The van der Waals surface area contributed by atoms with Gasteiger partial charge in [0.1, 0.15) is 11.9 Å². The highest BCUT2D eigenvalue weighted by Gasteiger charge is 2.29. The molecule has 1 amide bonds. The number of nitrogens with zero attached hydrogens (tertiary/aromatic N) is 2. The molecule has 1 aliphatic heterocycles. The van der Waals surface area contributed by atoms with Crippen LogP contribution in [0.1, 0.15) is 21.3 Å². The minimum Gasteiger partial charge on any atom is -0.360 e. The number of halogens is 1. The van der Waals surface area contributed by atoms with Crippen LogP contribution in [-0.2, 0) is 0 Å². The Balaban J connectivity index is 1.43. The van der Waals surface area contributed by atoms with Gasteiger partial charge in [-0.2, -0.15) is 0 Å². The van der Waals surface area contributed by atoms with Gasteiger partial charge in [-0.25, -0.2) is 4.39 Å². The number of thiophene rings is 1. The number of carbonyl (C=O) groups is 1. The second-order valence-electron chi connectivity index (χ2n) is 7.15. The molecule has 29 heavy (non-hydrogen) atoms. The van der Waals surface area contributed by atoms with Crippen molar-refractivity contribution < 1.29 is 14.1 Å². The van der Waals surface area contributed by atoms with E-state index in [-0.39, 0.29) is 17.8 Å². The fourth-order valence-electron chi connectivity index (χ4n) is 3.82. The Morgan fingerprint density at radius 1 is 1.17 bits per heavy atom. The summed E-state index contributed by atoms with van der Waals surface area (Å²) >= 11 is 1.45. The van der Waals surface area contributed by atoms with E-state index in [0.717, 1.165) is 42.3 Å². The van der Waals surface area contributed by atoms with Gasteiger partial charge in [-0.3, -0.25) is 9.78 Å². The predicted octanol–water partition coefficient (Wildman–Crippen LogP) is 2.16. The molecule has 1 saturated heterocycles. The molecule has 1 fully saturated rings. The van der Waals surface area contributed by atoms with E-state index in [9.17, 15) is 9.18 Å². The average Bonchev–Trinajstić information content (AvgIpc) is 3.31. The highest BCUT2D eigenvalue weighted by molar-refractivity contribution is 7.12. The lowest BCUT2D eigenvalue weighted by molar-refractivity contribution is -0.931. The summed E-state index contributed by atoms with van der Waals surface area (Å²) in [5.74, 6) is -0.241. The smallest absolute Gasteiger partial charge is 0.261 e. The van der Waals surface area contributed by atoms with Crippen LogP contribution in [0.4, 0.5) is 10.1 Å². The first-order chi connectivity index (χ1) is 14.2. The summed E-state index contributed by atoms with van der Waals surface area (Å²) in [5.41, 5.74) is 2.18. The van der Waals surface area contributed by atoms with Crippen LogP contribution in [0.3, 0.4) is 0 Å². The molecule has 1 aliphatic rings. The van der Waals surface area contributed by atoms with Crippen molar-refractivity contribution in [3.63, 3.8) is 0 Å². The monoisotopic (exact) mass is 411 g/mol. The number of rotatable bonds is 6. The van der Waals surface area contributed by atoms with Gasteiger partial charge in [0, 0.05) is 23.6 Å². The fraction of sp³-hybridized carbons (Fsp3) is 0.273. The van der Waals surface area contributed by atoms with Crippen LogP contribution in [0, 0.1) is 5.82 Å². The summed E-state index contributed by atoms with van der Waals surface area (Å²) in [6, 6.07) is 14.6. The molecule has 1 atom stereocenters. The molecule has 2 aromatic heterocycles. The number of quaternary nitrogens is 1. The number of piperazine rings is 1. The van der Waals surface area contributed by atoms with E-state index in [1.54, 1.807) is 6.20 Å². The van der Waals surface area contributed by atoms with Crippen molar-refractivity contribution in [1.29, 1.82) is 0 Å². The third-order valence-corrected chi connectivity index (χ3v) is 6.26. The Bertz CT molecular complexity index is 910. The molecule has 4 rings (SSSR count). The predicted molar refractivity (Wildman–Crippen MR) is 113 cm³/mol. The van der Waals surface area contributed by atoms with E-state index < -0.39 is 0 Å². The van der Waals surface area contributed by atoms with Gasteiger partial charge in [-0.05, 0) is 47.8 Å². The molecule has 0 aliphatic carbocycles. The lowest BCUT2D eigenvalue weighted by Gasteiger charge is -2.37. The second kappa shape index (κ2) is 9.15. The van der Waals surface area contributed by atoms with E-state index in [4.69, 9.17) is 0 Å². The summed E-state index contributed by atoms with van der Waals surface area (Å²) in [7, 11) is 0. The molecular weight excluding hydrogens is 387 g/mol. The van der Waals surface area contributed by atoms with Gasteiger partial charge in [0.15, 0.2) is 0 Å². The molecular formula is C22H24FN4OS+. The first-order valence-corrected chi connectivity index (χ1v) is 10.7. The Kier molecular flexibility index (Phi) is 6.17. The maximum absolute atomic E-state index is 13.2. The first-order valence-electron chi connectivity index (χ1n) is 9.77. The number of nitrogens with one attached hydrogen (secondary N) is 2. The first kappa shape index (κ1) is 19.5. The molecule has 1 aromatic carbocycles. The van der Waals surface area contributed by atoms with Crippen molar-refractivity contribution in [2.24, 2.45) is 0 Å². The van der Waals surface area contributed by atoms with Crippen molar-refractivity contribution >= 4 is 22.9 Å². The number of aromatic nitrogens is 1. The van der Waals surface area contributed by atoms with Crippen LogP contribution in [0.2, 0.25) is 0 Å². The zero-order valence-corrected chi connectivity index (χ0v) is 16.9. The van der Waals surface area contributed by atoms with E-state index in [2.05, 4.69) is 21.3 Å². The topological polar surface area (TPSA) is 49.7 Å². The summed E-state index contributed by atoms with van der Waals surface area (Å²) in [5, 5.41) is 5.01. The number of pyridine rings is 1. The van der Waals surface area contributed by atoms with Crippen molar-refractivity contribution in [3.05, 3.63) is 82.6 Å². The number of amides is 1. The largest absolute Gasteiger partial charge is 0.360 e. The molecule has 0 bridgehead atoms. The van der Waals surface area contributed by atoms with Crippen molar-refractivity contribution in [2.45, 2.75) is 6.04 Å². The molecule has 3 aromatic rings. The van der Waals surface area contributed by atoms with Gasteiger partial charge < -0.3 is 15.1 Å². The number of hydrogen-bond acceptors (Lipinski definition) is 4. The van der Waals surface area contributed by atoms with Gasteiger partial charge >= 0.3 is 0 Å². The normalized spacial score (nSPS) is 15.8. The van der Waals surface area contributed by atoms with Gasteiger partial charge in [-0.1, -0.05) is 6.07 Å². The SMILES string of the molecule is O=C(NCC(c1cccnc1)[NH+]1CCN(c2ccc(F)cc2)CC1)c1cccs1. The minimum atomic E-state index is -0.212. The lowest BCUT2D eigenvalue weighted by atomic mass is 10.1. The highest BCUT2D eigenvalue weighted by atomic mass is 32.1. The van der Waals surface area contributed by atoms with Crippen LogP contribution in [-0.4, -0.2) is 43.6 Å². The molecule has 7 heteroatoms. The number of benzene rings is 1. The molecule has 3 heterocycles. The van der Waals surface area contributed by atoms with Gasteiger partial charge in [0.2, 0.25) is 0 Å². The van der Waals surface area contributed by atoms with E-state index in [1.807, 2.05) is 41.9 Å². The van der Waals surface area contributed by atoms with Crippen LogP contribution in [0.25, 0.3) is 0 Å². The average molecular weight is 412 g/mol. The zero-order chi connectivity index (χ0) is 20.1. The third kappa shape index (κ3) is 4.81. The Morgan fingerprint density at radius 3 is 2.62 bits per heavy atom. The molecule has 150 valence electrons. The standard InChI is InChI=1S/C22H23FN4OS/c23-18-5-7-19(8-6-18)26-10-12-27(13-11-26)20(17-3-1-9-24-15-17)16-25-22(28)21-4-2-14-29-21/h1-9,14-15,20H,10-13,16H2,(H,25,28)/p+1. The molecule has 0 radical (unpaired) electrons. The second-order valence-corrected chi connectivity index (χ2v) is 8.10. The summed E-state index contributed by atoms with van der Waals surface area (Å²) < 4.78 is 13.2. The van der Waals surface area contributed by atoms with Crippen LogP contribution in [0.15, 0.2) is 66.3 Å². The van der Waals surface area contributed by atoms with E-state index >= 15 is 0 Å². The lowest BCUT2D eigenvalue weighted by Crippen LogP contribution is -3.15. The fourth-order valence-corrected chi connectivity index (χ4v) is 4.46. The summed E-state index contributed by atoms with van der Waals surface area (Å²) in [6.07, 6.45) is 3.66. The minimum absolute atomic E-state index is 0.0294. The Hall–Kier alpha value is -2.77. The molecule has 0 saturated carbocycles. The van der Waals surface area contributed by atoms with E-state index in [0.29, 0.717) is 6.54 Å².